The normalized spacial score (nSPS) is 17.8. The maximum atomic E-state index is 11.2. The van der Waals surface area contributed by atoms with Crippen molar-refractivity contribution in [2.75, 3.05) is 20.1 Å². The van der Waals surface area contributed by atoms with E-state index in [-0.39, 0.29) is 5.91 Å². The number of nitrogens with two attached hydrogens (primary N) is 1. The third kappa shape index (κ3) is 1.71. The van der Waals surface area contributed by atoms with Gasteiger partial charge in [0.2, 0.25) is 5.91 Å². The topological polar surface area (TPSA) is 49.6 Å². The average Bonchev–Trinajstić information content (AvgIpc) is 1.97. The maximum Gasteiger partial charge on any atom is 0.244 e. The monoisotopic (exact) mass is 155 g/mol. The van der Waals surface area contributed by atoms with E-state index in [2.05, 4.69) is 0 Å². The average molecular weight is 155 g/mol. The van der Waals surface area contributed by atoms with Gasteiger partial charge in [0, 0.05) is 26.2 Å². The van der Waals surface area contributed by atoms with Gasteiger partial charge in [0.05, 0.1) is 6.54 Å². The molecule has 0 atom stereocenters. The van der Waals surface area contributed by atoms with Crippen LogP contribution in [-0.2, 0) is 4.79 Å². The fraction of sp³-hybridized carbons (Fsp3) is 0.571. The number of hydrazine groups is 1. The molecule has 4 nitrogen and oxygen atoms in total. The third-order valence-corrected chi connectivity index (χ3v) is 1.62. The van der Waals surface area contributed by atoms with Crippen molar-refractivity contribution >= 4 is 5.91 Å². The van der Waals surface area contributed by atoms with Crippen molar-refractivity contribution in [1.82, 2.24) is 10.0 Å². The SMILES string of the molecule is CN1C=CCC(=O)N1CCN. The lowest BCUT2D eigenvalue weighted by molar-refractivity contribution is -0.143. The molecule has 0 aromatic carbocycles. The number of rotatable bonds is 2. The Labute approximate surface area is 66.2 Å². The Morgan fingerprint density at radius 3 is 3.00 bits per heavy atom. The Hall–Kier alpha value is -1.03. The van der Waals surface area contributed by atoms with Crippen LogP contribution in [-0.4, -0.2) is 36.1 Å². The highest BCUT2D eigenvalue weighted by atomic mass is 16.2. The van der Waals surface area contributed by atoms with Crippen LogP contribution in [0, 0.1) is 0 Å². The van der Waals surface area contributed by atoms with Gasteiger partial charge in [-0.1, -0.05) is 6.08 Å². The number of hydrogen-bond acceptors (Lipinski definition) is 3. The highest BCUT2D eigenvalue weighted by molar-refractivity contribution is 5.78. The minimum Gasteiger partial charge on any atom is -0.329 e. The lowest BCUT2D eigenvalue weighted by Gasteiger charge is -2.32. The molecule has 1 aliphatic heterocycles. The van der Waals surface area contributed by atoms with Gasteiger partial charge < -0.3 is 5.73 Å². The van der Waals surface area contributed by atoms with Gasteiger partial charge in [-0.05, 0) is 0 Å². The molecule has 0 spiro atoms. The van der Waals surface area contributed by atoms with Crippen molar-refractivity contribution < 1.29 is 4.79 Å². The molecule has 0 radical (unpaired) electrons. The molecule has 11 heavy (non-hydrogen) atoms. The summed E-state index contributed by atoms with van der Waals surface area (Å²) in [5.74, 6) is 0.112. The summed E-state index contributed by atoms with van der Waals surface area (Å²) in [5.41, 5.74) is 5.34. The van der Waals surface area contributed by atoms with Gasteiger partial charge in [-0.25, -0.2) is 0 Å². The van der Waals surface area contributed by atoms with Gasteiger partial charge in [-0.15, -0.1) is 0 Å². The quantitative estimate of drug-likeness (QED) is 0.587. The van der Waals surface area contributed by atoms with E-state index < -0.39 is 0 Å². The Bertz CT molecular complexity index is 179. The highest BCUT2D eigenvalue weighted by Crippen LogP contribution is 2.05. The Morgan fingerprint density at radius 1 is 1.73 bits per heavy atom. The van der Waals surface area contributed by atoms with Crippen molar-refractivity contribution in [2.24, 2.45) is 5.73 Å². The van der Waals surface area contributed by atoms with Crippen LogP contribution >= 0.6 is 0 Å². The lowest BCUT2D eigenvalue weighted by atomic mass is 10.3. The van der Waals surface area contributed by atoms with Crippen molar-refractivity contribution in [1.29, 1.82) is 0 Å². The van der Waals surface area contributed by atoms with E-state index in [0.717, 1.165) is 0 Å². The predicted molar refractivity (Wildman–Crippen MR) is 42.3 cm³/mol. The molecule has 0 saturated heterocycles. The molecular weight excluding hydrogens is 142 g/mol. The summed E-state index contributed by atoms with van der Waals surface area (Å²) in [7, 11) is 1.84. The molecule has 0 saturated carbocycles. The standard InChI is InChI=1S/C7H13N3O/c1-9-5-2-3-7(11)10(9)6-4-8/h2,5H,3-4,6,8H2,1H3. The maximum absolute atomic E-state index is 11.2. The molecule has 0 aromatic rings. The van der Waals surface area contributed by atoms with Crippen LogP contribution < -0.4 is 5.73 Å². The largest absolute Gasteiger partial charge is 0.329 e. The van der Waals surface area contributed by atoms with Gasteiger partial charge in [0.25, 0.3) is 0 Å². The summed E-state index contributed by atoms with van der Waals surface area (Å²) in [5, 5.41) is 3.40. The number of carbonyl (C=O) groups excluding carboxylic acids is 1. The van der Waals surface area contributed by atoms with Gasteiger partial charge in [-0.3, -0.25) is 14.8 Å². The summed E-state index contributed by atoms with van der Waals surface area (Å²) in [6, 6.07) is 0. The molecule has 1 aliphatic rings. The number of amides is 1. The van der Waals surface area contributed by atoms with Crippen LogP contribution in [0.1, 0.15) is 6.42 Å². The van der Waals surface area contributed by atoms with E-state index in [1.807, 2.05) is 19.3 Å². The van der Waals surface area contributed by atoms with Crippen LogP contribution in [0.4, 0.5) is 0 Å². The lowest BCUT2D eigenvalue weighted by Crippen LogP contribution is -2.45. The van der Waals surface area contributed by atoms with Crippen molar-refractivity contribution in [3.63, 3.8) is 0 Å². The number of nitrogens with zero attached hydrogens (tertiary/aromatic N) is 2. The fourth-order valence-electron chi connectivity index (χ4n) is 1.07. The molecule has 0 aromatic heterocycles. The van der Waals surface area contributed by atoms with E-state index in [9.17, 15) is 4.79 Å². The number of hydrogen-bond donors (Lipinski definition) is 1. The molecule has 1 amide bonds. The zero-order valence-corrected chi connectivity index (χ0v) is 6.66. The summed E-state index contributed by atoms with van der Waals surface area (Å²) < 4.78 is 0. The molecule has 1 rings (SSSR count). The van der Waals surface area contributed by atoms with Crippen molar-refractivity contribution in [3.05, 3.63) is 12.3 Å². The van der Waals surface area contributed by atoms with E-state index in [0.29, 0.717) is 19.5 Å². The van der Waals surface area contributed by atoms with E-state index in [1.165, 1.54) is 0 Å². The van der Waals surface area contributed by atoms with Crippen LogP contribution in [0.25, 0.3) is 0 Å². The molecule has 1 heterocycles. The van der Waals surface area contributed by atoms with Crippen LogP contribution in [0.15, 0.2) is 12.3 Å². The zero-order valence-electron chi connectivity index (χ0n) is 6.66. The van der Waals surface area contributed by atoms with Gasteiger partial charge >= 0.3 is 0 Å². The fourth-order valence-corrected chi connectivity index (χ4v) is 1.07. The molecule has 0 unspecified atom stereocenters. The third-order valence-electron chi connectivity index (χ3n) is 1.62. The summed E-state index contributed by atoms with van der Waals surface area (Å²) in [4.78, 5) is 11.2. The summed E-state index contributed by atoms with van der Waals surface area (Å²) in [6.07, 6.45) is 4.21. The van der Waals surface area contributed by atoms with Crippen molar-refractivity contribution in [3.8, 4) is 0 Å². The first-order valence-electron chi connectivity index (χ1n) is 3.65. The minimum atomic E-state index is 0.112. The molecule has 62 valence electrons. The Kier molecular flexibility index (Phi) is 2.48. The molecule has 0 fully saturated rings. The second-order valence-electron chi connectivity index (χ2n) is 2.47. The second-order valence-corrected chi connectivity index (χ2v) is 2.47. The summed E-state index contributed by atoms with van der Waals surface area (Å²) in [6.45, 7) is 1.10. The van der Waals surface area contributed by atoms with E-state index in [4.69, 9.17) is 5.73 Å². The van der Waals surface area contributed by atoms with Crippen LogP contribution in [0.2, 0.25) is 0 Å². The predicted octanol–water partition coefficient (Wildman–Crippen LogP) is -0.462. The van der Waals surface area contributed by atoms with Gasteiger partial charge in [0.15, 0.2) is 0 Å². The van der Waals surface area contributed by atoms with Crippen molar-refractivity contribution in [2.45, 2.75) is 6.42 Å². The molecule has 4 heteroatoms. The zero-order chi connectivity index (χ0) is 8.27. The molecular formula is C7H13N3O. The second kappa shape index (κ2) is 3.39. The molecule has 0 bridgehead atoms. The number of carbonyl (C=O) groups is 1. The first kappa shape index (κ1) is 8.07. The molecule has 2 N–H and O–H groups in total. The van der Waals surface area contributed by atoms with Crippen LogP contribution in [0.3, 0.4) is 0 Å². The highest BCUT2D eigenvalue weighted by Gasteiger charge is 2.16. The van der Waals surface area contributed by atoms with Gasteiger partial charge in [0.1, 0.15) is 0 Å². The van der Waals surface area contributed by atoms with Crippen LogP contribution in [0.5, 0.6) is 0 Å². The summed E-state index contributed by atoms with van der Waals surface area (Å²) >= 11 is 0. The minimum absolute atomic E-state index is 0.112. The first-order valence-corrected chi connectivity index (χ1v) is 3.65. The Morgan fingerprint density at radius 2 is 2.45 bits per heavy atom. The molecule has 0 aliphatic carbocycles. The Balaban J connectivity index is 2.59. The van der Waals surface area contributed by atoms with Gasteiger partial charge in [-0.2, -0.15) is 0 Å². The smallest absolute Gasteiger partial charge is 0.244 e. The van der Waals surface area contributed by atoms with E-state index >= 15 is 0 Å². The van der Waals surface area contributed by atoms with E-state index in [1.54, 1.807) is 10.0 Å². The first-order chi connectivity index (χ1) is 5.25.